The summed E-state index contributed by atoms with van der Waals surface area (Å²) in [6.45, 7) is 2.99. The van der Waals surface area contributed by atoms with Gasteiger partial charge in [0.05, 0.1) is 7.11 Å². The van der Waals surface area contributed by atoms with E-state index in [4.69, 9.17) is 4.74 Å². The first-order chi connectivity index (χ1) is 8.22. The first kappa shape index (κ1) is 12.1. The Kier molecular flexibility index (Phi) is 3.79. The number of carbonyl (C=O) groups is 1. The van der Waals surface area contributed by atoms with Gasteiger partial charge in [0.25, 0.3) is 0 Å². The van der Waals surface area contributed by atoms with E-state index in [2.05, 4.69) is 36.5 Å². The Hall–Kier alpha value is -1.35. The lowest BCUT2D eigenvalue weighted by atomic mass is 9.86. The molecule has 92 valence electrons. The smallest absolute Gasteiger partial charge is 0.322 e. The van der Waals surface area contributed by atoms with E-state index < -0.39 is 0 Å². The Morgan fingerprint density at radius 3 is 2.71 bits per heavy atom. The van der Waals surface area contributed by atoms with E-state index in [1.165, 1.54) is 18.2 Å². The normalized spacial score (nSPS) is 24.4. The van der Waals surface area contributed by atoms with Gasteiger partial charge in [0.1, 0.15) is 6.04 Å². The van der Waals surface area contributed by atoms with Gasteiger partial charge in [0.2, 0.25) is 0 Å². The number of piperidine rings is 1. The van der Waals surface area contributed by atoms with E-state index in [0.717, 1.165) is 19.4 Å². The van der Waals surface area contributed by atoms with Crippen molar-refractivity contribution in [3.05, 3.63) is 35.4 Å². The van der Waals surface area contributed by atoms with Gasteiger partial charge in [-0.05, 0) is 36.8 Å². The molecule has 17 heavy (non-hydrogen) atoms. The molecule has 0 unspecified atom stereocenters. The number of benzene rings is 1. The topological polar surface area (TPSA) is 38.3 Å². The SMILES string of the molecule is COC(=O)[C@H]1CC[C@@H](c2ccccc2C)CN1. The molecule has 0 radical (unpaired) electrons. The van der Waals surface area contributed by atoms with Crippen molar-refractivity contribution in [2.45, 2.75) is 31.7 Å². The molecule has 1 heterocycles. The summed E-state index contributed by atoms with van der Waals surface area (Å²) >= 11 is 0. The largest absolute Gasteiger partial charge is 0.468 e. The molecule has 2 atom stereocenters. The van der Waals surface area contributed by atoms with Crippen molar-refractivity contribution in [1.29, 1.82) is 0 Å². The second-order valence-corrected chi connectivity index (χ2v) is 4.61. The van der Waals surface area contributed by atoms with E-state index in [9.17, 15) is 4.79 Å². The van der Waals surface area contributed by atoms with E-state index in [1.54, 1.807) is 0 Å². The maximum absolute atomic E-state index is 11.4. The number of carbonyl (C=O) groups excluding carboxylic acids is 1. The van der Waals surface area contributed by atoms with Crippen LogP contribution in [0.15, 0.2) is 24.3 Å². The van der Waals surface area contributed by atoms with Gasteiger partial charge in [-0.2, -0.15) is 0 Å². The first-order valence-electron chi connectivity index (χ1n) is 6.09. The summed E-state index contributed by atoms with van der Waals surface area (Å²) in [5.41, 5.74) is 2.72. The van der Waals surface area contributed by atoms with E-state index in [1.807, 2.05) is 0 Å². The van der Waals surface area contributed by atoms with Gasteiger partial charge >= 0.3 is 5.97 Å². The van der Waals surface area contributed by atoms with Crippen molar-refractivity contribution in [2.24, 2.45) is 0 Å². The highest BCUT2D eigenvalue weighted by atomic mass is 16.5. The third-order valence-electron chi connectivity index (χ3n) is 3.53. The van der Waals surface area contributed by atoms with Crippen LogP contribution < -0.4 is 5.32 Å². The minimum Gasteiger partial charge on any atom is -0.468 e. The second kappa shape index (κ2) is 5.32. The van der Waals surface area contributed by atoms with E-state index in [-0.39, 0.29) is 12.0 Å². The molecule has 1 fully saturated rings. The number of hydrogen-bond acceptors (Lipinski definition) is 3. The lowest BCUT2D eigenvalue weighted by Gasteiger charge is -2.29. The molecule has 1 aliphatic heterocycles. The fourth-order valence-electron chi connectivity index (χ4n) is 2.51. The number of ether oxygens (including phenoxy) is 1. The number of methoxy groups -OCH3 is 1. The Morgan fingerprint density at radius 2 is 2.12 bits per heavy atom. The van der Waals surface area contributed by atoms with Gasteiger partial charge in [0.15, 0.2) is 0 Å². The van der Waals surface area contributed by atoms with Crippen LogP contribution in [-0.2, 0) is 9.53 Å². The van der Waals surface area contributed by atoms with E-state index >= 15 is 0 Å². The lowest BCUT2D eigenvalue weighted by molar-refractivity contribution is -0.143. The molecule has 3 heteroatoms. The summed E-state index contributed by atoms with van der Waals surface area (Å²) in [6, 6.07) is 8.34. The molecule has 1 saturated heterocycles. The molecule has 0 aliphatic carbocycles. The average Bonchev–Trinajstić information content (AvgIpc) is 2.39. The zero-order valence-electron chi connectivity index (χ0n) is 10.4. The summed E-state index contributed by atoms with van der Waals surface area (Å²) in [7, 11) is 1.44. The van der Waals surface area contributed by atoms with Gasteiger partial charge in [-0.3, -0.25) is 4.79 Å². The minimum absolute atomic E-state index is 0.125. The fourth-order valence-corrected chi connectivity index (χ4v) is 2.51. The highest BCUT2D eigenvalue weighted by molar-refractivity contribution is 5.75. The standard InChI is InChI=1S/C14H19NO2/c1-10-5-3-4-6-12(10)11-7-8-13(15-9-11)14(16)17-2/h3-6,11,13,15H,7-9H2,1-2H3/t11-,13-/m1/s1. The van der Waals surface area contributed by atoms with Crippen molar-refractivity contribution in [3.63, 3.8) is 0 Å². The quantitative estimate of drug-likeness (QED) is 0.794. The molecule has 1 aromatic rings. The van der Waals surface area contributed by atoms with E-state index in [0.29, 0.717) is 5.92 Å². The van der Waals surface area contributed by atoms with Gasteiger partial charge < -0.3 is 10.1 Å². The number of hydrogen-bond donors (Lipinski definition) is 1. The summed E-state index contributed by atoms with van der Waals surface area (Å²) in [6.07, 6.45) is 1.89. The molecule has 1 aromatic carbocycles. The summed E-state index contributed by atoms with van der Waals surface area (Å²) < 4.78 is 4.75. The Labute approximate surface area is 102 Å². The lowest BCUT2D eigenvalue weighted by Crippen LogP contribution is -2.43. The summed E-state index contributed by atoms with van der Waals surface area (Å²) in [4.78, 5) is 11.4. The zero-order chi connectivity index (χ0) is 12.3. The molecule has 0 spiro atoms. The Morgan fingerprint density at radius 1 is 1.35 bits per heavy atom. The number of nitrogens with one attached hydrogen (secondary N) is 1. The molecule has 1 aliphatic rings. The third kappa shape index (κ3) is 2.67. The molecule has 0 aromatic heterocycles. The maximum atomic E-state index is 11.4. The molecule has 1 N–H and O–H groups in total. The maximum Gasteiger partial charge on any atom is 0.322 e. The van der Waals surface area contributed by atoms with Gasteiger partial charge in [0, 0.05) is 6.54 Å². The summed E-state index contributed by atoms with van der Waals surface area (Å²) in [5, 5.41) is 3.27. The van der Waals surface area contributed by atoms with Crippen LogP contribution in [0, 0.1) is 6.92 Å². The van der Waals surface area contributed by atoms with Crippen LogP contribution >= 0.6 is 0 Å². The van der Waals surface area contributed by atoms with Crippen molar-refractivity contribution in [3.8, 4) is 0 Å². The van der Waals surface area contributed by atoms with Crippen molar-refractivity contribution in [1.82, 2.24) is 5.32 Å². The van der Waals surface area contributed by atoms with Gasteiger partial charge in [-0.25, -0.2) is 0 Å². The molecule has 0 bridgehead atoms. The van der Waals surface area contributed by atoms with Gasteiger partial charge in [-0.15, -0.1) is 0 Å². The molecular formula is C14H19NO2. The van der Waals surface area contributed by atoms with Crippen molar-refractivity contribution in [2.75, 3.05) is 13.7 Å². The Balaban J connectivity index is 2.00. The highest BCUT2D eigenvalue weighted by Crippen LogP contribution is 2.27. The third-order valence-corrected chi connectivity index (χ3v) is 3.53. The minimum atomic E-state index is -0.145. The van der Waals surface area contributed by atoms with Crippen LogP contribution in [-0.4, -0.2) is 25.7 Å². The van der Waals surface area contributed by atoms with Crippen LogP contribution in [0.1, 0.15) is 29.9 Å². The summed E-state index contributed by atoms with van der Waals surface area (Å²) in [5.74, 6) is 0.366. The second-order valence-electron chi connectivity index (χ2n) is 4.61. The fraction of sp³-hybridized carbons (Fsp3) is 0.500. The number of esters is 1. The highest BCUT2D eigenvalue weighted by Gasteiger charge is 2.27. The van der Waals surface area contributed by atoms with Gasteiger partial charge in [-0.1, -0.05) is 24.3 Å². The average molecular weight is 233 g/mol. The van der Waals surface area contributed by atoms with Crippen LogP contribution in [0.2, 0.25) is 0 Å². The van der Waals surface area contributed by atoms with Crippen LogP contribution in [0.4, 0.5) is 0 Å². The molecule has 3 nitrogen and oxygen atoms in total. The monoisotopic (exact) mass is 233 g/mol. The zero-order valence-corrected chi connectivity index (χ0v) is 10.4. The predicted octanol–water partition coefficient (Wildman–Crippen LogP) is 2.00. The Bertz CT molecular complexity index is 395. The van der Waals surface area contributed by atoms with Crippen LogP contribution in [0.5, 0.6) is 0 Å². The molecule has 0 amide bonds. The molecular weight excluding hydrogens is 214 g/mol. The van der Waals surface area contributed by atoms with Crippen LogP contribution in [0.25, 0.3) is 0 Å². The first-order valence-corrected chi connectivity index (χ1v) is 6.09. The van der Waals surface area contributed by atoms with Crippen molar-refractivity contribution < 1.29 is 9.53 Å². The molecule has 0 saturated carbocycles. The number of rotatable bonds is 2. The van der Waals surface area contributed by atoms with Crippen LogP contribution in [0.3, 0.4) is 0 Å². The molecule has 2 rings (SSSR count). The van der Waals surface area contributed by atoms with Crippen molar-refractivity contribution >= 4 is 5.97 Å². The number of aryl methyl sites for hydroxylation is 1. The predicted molar refractivity (Wildman–Crippen MR) is 67.0 cm³/mol.